The molecular formula is C17H16ClF3O3. The zero-order chi connectivity index (χ0) is 17.6. The van der Waals surface area contributed by atoms with Gasteiger partial charge in [0.25, 0.3) is 0 Å². The summed E-state index contributed by atoms with van der Waals surface area (Å²) >= 11 is 5.60. The van der Waals surface area contributed by atoms with Gasteiger partial charge in [-0.15, -0.1) is 11.6 Å². The van der Waals surface area contributed by atoms with Crippen LogP contribution in [0.2, 0.25) is 0 Å². The number of fused-ring (bicyclic) bond motifs is 1. The van der Waals surface area contributed by atoms with Gasteiger partial charge in [0.1, 0.15) is 5.75 Å². The second-order valence-electron chi connectivity index (χ2n) is 5.07. The van der Waals surface area contributed by atoms with Crippen LogP contribution in [-0.2, 0) is 16.0 Å². The van der Waals surface area contributed by atoms with Crippen molar-refractivity contribution in [1.29, 1.82) is 0 Å². The van der Waals surface area contributed by atoms with Crippen LogP contribution in [0.1, 0.15) is 12.0 Å². The van der Waals surface area contributed by atoms with Crippen molar-refractivity contribution in [3.05, 3.63) is 42.0 Å². The van der Waals surface area contributed by atoms with Crippen LogP contribution in [0.15, 0.2) is 36.4 Å². The van der Waals surface area contributed by atoms with Crippen LogP contribution in [0.25, 0.3) is 10.8 Å². The van der Waals surface area contributed by atoms with Crippen molar-refractivity contribution in [2.45, 2.75) is 19.0 Å². The molecule has 0 heterocycles. The first-order valence-corrected chi connectivity index (χ1v) is 7.89. The lowest BCUT2D eigenvalue weighted by Gasteiger charge is -2.11. The minimum atomic E-state index is -4.97. The summed E-state index contributed by atoms with van der Waals surface area (Å²) in [4.78, 5) is 10.7. The minimum absolute atomic E-state index is 0.185. The van der Waals surface area contributed by atoms with Crippen LogP contribution >= 0.6 is 11.6 Å². The maximum absolute atomic E-state index is 12.1. The van der Waals surface area contributed by atoms with Crippen molar-refractivity contribution < 1.29 is 27.4 Å². The predicted octanol–water partition coefficient (Wildman–Crippen LogP) is 4.50. The highest BCUT2D eigenvalue weighted by Gasteiger charge is 2.40. The molecule has 2 aromatic carbocycles. The Morgan fingerprint density at radius 3 is 2.62 bits per heavy atom. The zero-order valence-corrected chi connectivity index (χ0v) is 13.5. The van der Waals surface area contributed by atoms with E-state index in [2.05, 4.69) is 4.74 Å². The highest BCUT2D eigenvalue weighted by Crippen LogP contribution is 2.25. The van der Waals surface area contributed by atoms with Crippen molar-refractivity contribution in [1.82, 2.24) is 0 Å². The molecule has 0 saturated carbocycles. The summed E-state index contributed by atoms with van der Waals surface area (Å²) in [5.41, 5.74) is 0.783. The average Bonchev–Trinajstić information content (AvgIpc) is 2.54. The van der Waals surface area contributed by atoms with E-state index in [0.29, 0.717) is 24.7 Å². The number of alkyl halides is 4. The Labute approximate surface area is 142 Å². The molecule has 0 aliphatic heterocycles. The SMILES string of the molecule is O=C(OCCc1cccc2ccc(OCCCCl)cc12)C(F)(F)F. The normalized spacial score (nSPS) is 11.5. The van der Waals surface area contributed by atoms with Crippen molar-refractivity contribution in [3.63, 3.8) is 0 Å². The molecule has 0 N–H and O–H groups in total. The second-order valence-corrected chi connectivity index (χ2v) is 5.45. The fraction of sp³-hybridized carbons (Fsp3) is 0.353. The monoisotopic (exact) mass is 360 g/mol. The molecule has 0 amide bonds. The Hall–Kier alpha value is -1.95. The molecule has 7 heteroatoms. The Morgan fingerprint density at radius 2 is 1.92 bits per heavy atom. The van der Waals surface area contributed by atoms with E-state index < -0.39 is 12.1 Å². The van der Waals surface area contributed by atoms with Gasteiger partial charge in [-0.3, -0.25) is 0 Å². The molecule has 2 rings (SSSR count). The predicted molar refractivity (Wildman–Crippen MR) is 85.5 cm³/mol. The van der Waals surface area contributed by atoms with Crippen LogP contribution in [0.4, 0.5) is 13.2 Å². The van der Waals surface area contributed by atoms with Crippen molar-refractivity contribution in [2.75, 3.05) is 19.1 Å². The Bertz CT molecular complexity index is 701. The third kappa shape index (κ3) is 5.03. The van der Waals surface area contributed by atoms with E-state index in [1.807, 2.05) is 24.3 Å². The number of carbonyl (C=O) groups is 1. The van der Waals surface area contributed by atoms with Crippen LogP contribution in [0, 0.1) is 0 Å². The summed E-state index contributed by atoms with van der Waals surface area (Å²) in [6.07, 6.45) is -4.07. The summed E-state index contributed by atoms with van der Waals surface area (Å²) in [6, 6.07) is 11.0. The lowest BCUT2D eigenvalue weighted by Crippen LogP contribution is -2.26. The molecule has 0 saturated heterocycles. The third-order valence-electron chi connectivity index (χ3n) is 3.33. The Morgan fingerprint density at radius 1 is 1.12 bits per heavy atom. The molecule has 0 aromatic heterocycles. The van der Waals surface area contributed by atoms with Gasteiger partial charge in [0, 0.05) is 12.3 Å². The Balaban J connectivity index is 2.08. The molecule has 0 unspecified atom stereocenters. The molecule has 0 spiro atoms. The minimum Gasteiger partial charge on any atom is -0.494 e. The molecule has 130 valence electrons. The zero-order valence-electron chi connectivity index (χ0n) is 12.7. The van der Waals surface area contributed by atoms with Gasteiger partial charge < -0.3 is 9.47 Å². The summed E-state index contributed by atoms with van der Waals surface area (Å²) in [5.74, 6) is -1.01. The fourth-order valence-corrected chi connectivity index (χ4v) is 2.31. The highest BCUT2D eigenvalue weighted by molar-refractivity contribution is 6.17. The summed E-state index contributed by atoms with van der Waals surface area (Å²) < 4.78 is 46.2. The van der Waals surface area contributed by atoms with E-state index in [1.54, 1.807) is 12.1 Å². The summed E-state index contributed by atoms with van der Waals surface area (Å²) in [6.45, 7) is 0.148. The number of hydrogen-bond acceptors (Lipinski definition) is 3. The maximum atomic E-state index is 12.1. The highest BCUT2D eigenvalue weighted by atomic mass is 35.5. The standard InChI is InChI=1S/C17H16ClF3O3/c18-8-2-9-23-14-6-5-12-3-1-4-13(15(12)11-14)7-10-24-16(22)17(19,20)21/h1,3-6,11H,2,7-10H2. The van der Waals surface area contributed by atoms with Gasteiger partial charge in [-0.2, -0.15) is 13.2 Å². The quantitative estimate of drug-likeness (QED) is 0.414. The molecule has 0 aliphatic carbocycles. The first kappa shape index (κ1) is 18.4. The smallest absolute Gasteiger partial charge is 0.490 e. The number of hydrogen-bond donors (Lipinski definition) is 0. The van der Waals surface area contributed by atoms with Gasteiger partial charge in [-0.1, -0.05) is 24.3 Å². The molecule has 24 heavy (non-hydrogen) atoms. The number of benzene rings is 2. The van der Waals surface area contributed by atoms with E-state index in [0.717, 1.165) is 16.3 Å². The van der Waals surface area contributed by atoms with Gasteiger partial charge in [0.15, 0.2) is 0 Å². The van der Waals surface area contributed by atoms with Crippen LogP contribution in [-0.4, -0.2) is 31.2 Å². The van der Waals surface area contributed by atoms with Crippen LogP contribution in [0.5, 0.6) is 5.75 Å². The molecule has 0 bridgehead atoms. The Kier molecular flexibility index (Phi) is 6.31. The molecule has 0 fully saturated rings. The molecule has 2 aromatic rings. The number of rotatable bonds is 7. The first-order valence-electron chi connectivity index (χ1n) is 7.36. The maximum Gasteiger partial charge on any atom is 0.490 e. The topological polar surface area (TPSA) is 35.5 Å². The molecule has 0 aliphatic rings. The summed E-state index contributed by atoms with van der Waals surface area (Å²) in [7, 11) is 0. The lowest BCUT2D eigenvalue weighted by molar-refractivity contribution is -0.199. The second kappa shape index (κ2) is 8.24. The van der Waals surface area contributed by atoms with E-state index in [1.165, 1.54) is 0 Å². The van der Waals surface area contributed by atoms with Gasteiger partial charge in [-0.05, 0) is 34.9 Å². The third-order valence-corrected chi connectivity index (χ3v) is 3.59. The van der Waals surface area contributed by atoms with E-state index in [-0.39, 0.29) is 13.0 Å². The summed E-state index contributed by atoms with van der Waals surface area (Å²) in [5, 5.41) is 1.78. The number of esters is 1. The van der Waals surface area contributed by atoms with Gasteiger partial charge in [0.2, 0.25) is 0 Å². The van der Waals surface area contributed by atoms with Crippen molar-refractivity contribution >= 4 is 28.3 Å². The molecule has 0 atom stereocenters. The average molecular weight is 361 g/mol. The van der Waals surface area contributed by atoms with Crippen molar-refractivity contribution in [3.8, 4) is 5.75 Å². The van der Waals surface area contributed by atoms with Gasteiger partial charge >= 0.3 is 12.1 Å². The van der Waals surface area contributed by atoms with Crippen molar-refractivity contribution in [2.24, 2.45) is 0 Å². The molecule has 3 nitrogen and oxygen atoms in total. The number of ether oxygens (including phenoxy) is 2. The van der Waals surface area contributed by atoms with E-state index >= 15 is 0 Å². The largest absolute Gasteiger partial charge is 0.494 e. The van der Waals surface area contributed by atoms with Gasteiger partial charge in [0.05, 0.1) is 13.2 Å². The van der Waals surface area contributed by atoms with Gasteiger partial charge in [-0.25, -0.2) is 4.79 Å². The fourth-order valence-electron chi connectivity index (χ4n) is 2.20. The van der Waals surface area contributed by atoms with Crippen LogP contribution < -0.4 is 4.74 Å². The van der Waals surface area contributed by atoms with Crippen LogP contribution in [0.3, 0.4) is 0 Å². The number of halogens is 4. The lowest BCUT2D eigenvalue weighted by atomic mass is 10.0. The first-order chi connectivity index (χ1) is 11.4. The molecule has 0 radical (unpaired) electrons. The van der Waals surface area contributed by atoms with E-state index in [9.17, 15) is 18.0 Å². The molecular weight excluding hydrogens is 345 g/mol. The number of carbonyl (C=O) groups excluding carboxylic acids is 1. The van der Waals surface area contributed by atoms with E-state index in [4.69, 9.17) is 16.3 Å².